The zero-order chi connectivity index (χ0) is 55.0. The second kappa shape index (κ2) is 66.1. The first-order valence-corrected chi connectivity index (χ1v) is 35.0. The molecule has 0 fully saturated rings. The van der Waals surface area contributed by atoms with E-state index in [2.05, 4.69) is 19.2 Å². The largest absolute Gasteiger partial charge is 0.466 e. The summed E-state index contributed by atoms with van der Waals surface area (Å²) in [6.45, 7) is 4.94. The lowest BCUT2D eigenvalue weighted by atomic mass is 10.0. The van der Waals surface area contributed by atoms with Crippen LogP contribution < -0.4 is 5.32 Å². The molecule has 0 bridgehead atoms. The first-order valence-electron chi connectivity index (χ1n) is 35.0. The molecule has 0 saturated heterocycles. The number of esters is 1. The van der Waals surface area contributed by atoms with Crippen LogP contribution in [0.1, 0.15) is 399 Å². The van der Waals surface area contributed by atoms with Gasteiger partial charge in [-0.2, -0.15) is 0 Å². The number of allylic oxidation sites excluding steroid dienone is 1. The lowest BCUT2D eigenvalue weighted by molar-refractivity contribution is -0.143. The summed E-state index contributed by atoms with van der Waals surface area (Å²) in [6.07, 6.45) is 81.6. The first-order chi connectivity index (χ1) is 37.5. The van der Waals surface area contributed by atoms with Gasteiger partial charge in [-0.3, -0.25) is 9.59 Å². The van der Waals surface area contributed by atoms with Gasteiger partial charge in [-0.1, -0.05) is 366 Å². The molecule has 2 unspecified atom stereocenters. The molecule has 0 aliphatic rings. The number of aliphatic hydroxyl groups excluding tert-OH is 2. The van der Waals surface area contributed by atoms with E-state index < -0.39 is 12.1 Å². The van der Waals surface area contributed by atoms with Crippen LogP contribution in [0, 0.1) is 0 Å². The maximum atomic E-state index is 12.5. The Kier molecular flexibility index (Phi) is 64.9. The normalized spacial score (nSPS) is 12.5. The summed E-state index contributed by atoms with van der Waals surface area (Å²) in [5.74, 6) is -0.0388. The Hall–Kier alpha value is -1.40. The van der Waals surface area contributed by atoms with Crippen LogP contribution in [0.15, 0.2) is 12.2 Å². The van der Waals surface area contributed by atoms with E-state index in [0.29, 0.717) is 19.4 Å². The van der Waals surface area contributed by atoms with E-state index in [-0.39, 0.29) is 18.5 Å². The maximum absolute atomic E-state index is 12.5. The van der Waals surface area contributed by atoms with Crippen LogP contribution in [0.4, 0.5) is 0 Å². The fourth-order valence-corrected chi connectivity index (χ4v) is 11.2. The van der Waals surface area contributed by atoms with Crippen molar-refractivity contribution in [2.24, 2.45) is 0 Å². The molecule has 3 N–H and O–H groups in total. The number of amides is 1. The van der Waals surface area contributed by atoms with Crippen molar-refractivity contribution < 1.29 is 24.5 Å². The van der Waals surface area contributed by atoms with Gasteiger partial charge in [0, 0.05) is 12.8 Å². The third-order valence-corrected chi connectivity index (χ3v) is 16.6. The highest BCUT2D eigenvalue weighted by atomic mass is 16.5. The third kappa shape index (κ3) is 61.8. The van der Waals surface area contributed by atoms with Crippen LogP contribution >= 0.6 is 0 Å². The zero-order valence-corrected chi connectivity index (χ0v) is 51.8. The van der Waals surface area contributed by atoms with Gasteiger partial charge in [-0.25, -0.2) is 0 Å². The summed E-state index contributed by atoms with van der Waals surface area (Å²) in [7, 11) is 0. The zero-order valence-electron chi connectivity index (χ0n) is 51.8. The van der Waals surface area contributed by atoms with Gasteiger partial charge in [-0.05, 0) is 32.1 Å². The number of nitrogens with one attached hydrogen (secondary N) is 1. The average Bonchev–Trinajstić information content (AvgIpc) is 3.42. The van der Waals surface area contributed by atoms with Crippen LogP contribution in [-0.4, -0.2) is 47.4 Å². The molecule has 6 heteroatoms. The Labute approximate surface area is 476 Å². The van der Waals surface area contributed by atoms with Gasteiger partial charge in [0.05, 0.1) is 25.4 Å². The summed E-state index contributed by atoms with van der Waals surface area (Å²) in [5.41, 5.74) is 0. The second-order valence-electron chi connectivity index (χ2n) is 24.2. The Balaban J connectivity index is 3.33. The predicted octanol–water partition coefficient (Wildman–Crippen LogP) is 22.4. The minimum Gasteiger partial charge on any atom is -0.466 e. The number of carbonyl (C=O) groups excluding carboxylic acids is 2. The highest BCUT2D eigenvalue weighted by Gasteiger charge is 2.18. The highest BCUT2D eigenvalue weighted by molar-refractivity contribution is 5.76. The number of rotatable bonds is 66. The van der Waals surface area contributed by atoms with E-state index in [1.807, 2.05) is 6.08 Å². The topological polar surface area (TPSA) is 95.9 Å². The van der Waals surface area contributed by atoms with Crippen molar-refractivity contribution in [1.29, 1.82) is 0 Å². The summed E-state index contributed by atoms with van der Waals surface area (Å²) in [4.78, 5) is 24.5. The molecule has 0 aliphatic carbocycles. The molecule has 2 atom stereocenters. The van der Waals surface area contributed by atoms with Crippen molar-refractivity contribution in [3.8, 4) is 0 Å². The third-order valence-electron chi connectivity index (χ3n) is 16.6. The van der Waals surface area contributed by atoms with Crippen LogP contribution in [-0.2, 0) is 14.3 Å². The lowest BCUT2D eigenvalue weighted by Crippen LogP contribution is -2.45. The van der Waals surface area contributed by atoms with Crippen molar-refractivity contribution >= 4 is 11.9 Å². The quantitative estimate of drug-likeness (QED) is 0.0320. The molecule has 76 heavy (non-hydrogen) atoms. The van der Waals surface area contributed by atoms with Crippen molar-refractivity contribution in [2.45, 2.75) is 411 Å². The standard InChI is InChI=1S/C70H137NO5/c1-3-5-7-9-11-13-15-16-17-36-39-43-46-50-54-58-62-68(73)67(66-72)71-69(74)63-59-55-51-47-44-40-37-34-32-30-28-26-24-22-20-18-19-21-23-25-27-29-31-33-35-38-41-45-49-53-57-61-65-76-70(75)64-60-56-52-48-42-14-12-10-8-6-4-2/h58,62,67-68,72-73H,3-57,59-61,63-66H2,1-2H3,(H,71,74)/b62-58+. The van der Waals surface area contributed by atoms with Gasteiger partial charge in [0.15, 0.2) is 0 Å². The lowest BCUT2D eigenvalue weighted by Gasteiger charge is -2.20. The Morgan fingerprint density at radius 2 is 0.605 bits per heavy atom. The molecule has 0 aromatic carbocycles. The van der Waals surface area contributed by atoms with E-state index in [1.54, 1.807) is 6.08 Å². The summed E-state index contributed by atoms with van der Waals surface area (Å²) >= 11 is 0. The molecule has 0 aromatic heterocycles. The first kappa shape index (κ1) is 74.6. The molecule has 0 spiro atoms. The van der Waals surface area contributed by atoms with Crippen LogP contribution in [0.2, 0.25) is 0 Å². The minimum atomic E-state index is -0.840. The molecule has 0 aliphatic heterocycles. The fraction of sp³-hybridized carbons (Fsp3) is 0.943. The molecule has 1 amide bonds. The fourth-order valence-electron chi connectivity index (χ4n) is 11.2. The number of aliphatic hydroxyl groups is 2. The molecule has 0 aromatic rings. The average molecular weight is 1070 g/mol. The molecule has 0 rings (SSSR count). The van der Waals surface area contributed by atoms with E-state index in [4.69, 9.17) is 4.74 Å². The molecule has 0 radical (unpaired) electrons. The van der Waals surface area contributed by atoms with E-state index in [1.165, 1.54) is 334 Å². The maximum Gasteiger partial charge on any atom is 0.305 e. The Morgan fingerprint density at radius 1 is 0.355 bits per heavy atom. The second-order valence-corrected chi connectivity index (χ2v) is 24.2. The van der Waals surface area contributed by atoms with Crippen LogP contribution in [0.3, 0.4) is 0 Å². The number of hydrogen-bond acceptors (Lipinski definition) is 5. The Bertz CT molecular complexity index is 1140. The number of carbonyl (C=O) groups is 2. The smallest absolute Gasteiger partial charge is 0.305 e. The number of ether oxygens (including phenoxy) is 1. The number of hydrogen-bond donors (Lipinski definition) is 3. The van der Waals surface area contributed by atoms with Crippen LogP contribution in [0.25, 0.3) is 0 Å². The summed E-state index contributed by atoms with van der Waals surface area (Å²) < 4.78 is 5.48. The van der Waals surface area contributed by atoms with Gasteiger partial charge < -0.3 is 20.3 Å². The van der Waals surface area contributed by atoms with E-state index >= 15 is 0 Å². The molecule has 0 heterocycles. The SMILES string of the molecule is CCCCCCCCCCCCCCCC/C=C/C(O)C(CO)NC(=O)CCCCCCCCCCCCCCCCCCCCCCCCCCCCCCCCCCOC(=O)CCCCCCCCCCCCC. The summed E-state index contributed by atoms with van der Waals surface area (Å²) in [5, 5.41) is 23.2. The molecule has 452 valence electrons. The molecular weight excluding hydrogens is 935 g/mol. The molecule has 6 nitrogen and oxygen atoms in total. The van der Waals surface area contributed by atoms with E-state index in [9.17, 15) is 19.8 Å². The highest BCUT2D eigenvalue weighted by Crippen LogP contribution is 2.19. The van der Waals surface area contributed by atoms with Crippen molar-refractivity contribution in [1.82, 2.24) is 5.32 Å². The minimum absolute atomic E-state index is 0.0213. The van der Waals surface area contributed by atoms with Gasteiger partial charge in [0.2, 0.25) is 5.91 Å². The number of unbranched alkanes of at least 4 members (excludes halogenated alkanes) is 55. The van der Waals surface area contributed by atoms with Crippen molar-refractivity contribution in [3.05, 3.63) is 12.2 Å². The molecular formula is C70H137NO5. The Morgan fingerprint density at radius 3 is 0.895 bits per heavy atom. The van der Waals surface area contributed by atoms with Crippen molar-refractivity contribution in [2.75, 3.05) is 13.2 Å². The monoisotopic (exact) mass is 1070 g/mol. The van der Waals surface area contributed by atoms with Crippen molar-refractivity contribution in [3.63, 3.8) is 0 Å². The summed E-state index contributed by atoms with van der Waals surface area (Å²) in [6, 6.07) is -0.623. The predicted molar refractivity (Wildman–Crippen MR) is 333 cm³/mol. The van der Waals surface area contributed by atoms with Gasteiger partial charge in [0.25, 0.3) is 0 Å². The molecule has 0 saturated carbocycles. The van der Waals surface area contributed by atoms with Gasteiger partial charge in [-0.15, -0.1) is 0 Å². The van der Waals surface area contributed by atoms with Crippen LogP contribution in [0.5, 0.6) is 0 Å². The van der Waals surface area contributed by atoms with Gasteiger partial charge in [0.1, 0.15) is 0 Å². The van der Waals surface area contributed by atoms with E-state index in [0.717, 1.165) is 38.5 Å². The van der Waals surface area contributed by atoms with Gasteiger partial charge >= 0.3 is 5.97 Å².